The van der Waals surface area contributed by atoms with Crippen molar-refractivity contribution in [2.75, 3.05) is 20.2 Å². The molecule has 0 saturated carbocycles. The lowest BCUT2D eigenvalue weighted by molar-refractivity contribution is 0.225. The number of hydrogen-bond acceptors (Lipinski definition) is 5. The van der Waals surface area contributed by atoms with Gasteiger partial charge in [-0.3, -0.25) is 4.68 Å². The van der Waals surface area contributed by atoms with Gasteiger partial charge in [0.1, 0.15) is 23.4 Å². The molecule has 0 spiro atoms. The maximum Gasteiger partial charge on any atom is 0.165 e. The summed E-state index contributed by atoms with van der Waals surface area (Å²) in [5.74, 6) is 1.41. The summed E-state index contributed by atoms with van der Waals surface area (Å²) in [4.78, 5) is 3.31. The number of nitrogens with one attached hydrogen (secondary N) is 2. The third-order valence-corrected chi connectivity index (χ3v) is 5.75. The quantitative estimate of drug-likeness (QED) is 0.534. The lowest BCUT2D eigenvalue weighted by Gasteiger charge is -2.14. The number of benzene rings is 2. The Morgan fingerprint density at radius 2 is 2.23 bits per heavy atom. The molecule has 3 heterocycles. The number of methoxy groups -OCH3 is 1. The highest BCUT2D eigenvalue weighted by molar-refractivity contribution is 5.89. The van der Waals surface area contributed by atoms with E-state index in [4.69, 9.17) is 14.6 Å². The van der Waals surface area contributed by atoms with E-state index in [1.807, 2.05) is 35.3 Å². The normalized spacial score (nSPS) is 16.2. The summed E-state index contributed by atoms with van der Waals surface area (Å²) in [5, 5.41) is 19.8. The Morgan fingerprint density at radius 1 is 1.33 bits per heavy atom. The van der Waals surface area contributed by atoms with Gasteiger partial charge in [-0.05, 0) is 49.7 Å². The Bertz CT molecular complexity index is 1270. The largest absolute Gasteiger partial charge is 0.496 e. The number of nitrogens with zero attached hydrogens (tertiary/aromatic N) is 3. The molecule has 5 rings (SSSR count). The lowest BCUT2D eigenvalue weighted by Crippen LogP contribution is -2.20. The average Bonchev–Trinajstić information content (AvgIpc) is 3.50. The van der Waals surface area contributed by atoms with Crippen molar-refractivity contribution >= 4 is 21.8 Å². The van der Waals surface area contributed by atoms with Crippen LogP contribution < -0.4 is 14.8 Å². The van der Waals surface area contributed by atoms with E-state index >= 15 is 0 Å². The monoisotopic (exact) mass is 401 g/mol. The van der Waals surface area contributed by atoms with Gasteiger partial charge in [0.15, 0.2) is 5.75 Å². The third kappa shape index (κ3) is 3.06. The molecule has 0 bridgehead atoms. The van der Waals surface area contributed by atoms with Gasteiger partial charge in [0.2, 0.25) is 0 Å². The van der Waals surface area contributed by atoms with Crippen molar-refractivity contribution in [3.05, 3.63) is 53.3 Å². The van der Waals surface area contributed by atoms with Crippen molar-refractivity contribution in [1.82, 2.24) is 20.1 Å². The standard InChI is InChI=1S/C23H23N5O2/c1-14-9-20(29-2)19(18-6-8-26-21(14)18)13-28-12-16-4-3-15(10-24)23(22(16)27-28)30-17-5-7-25-11-17/h3-4,6,8-9,12,17,25-26H,5,7,11,13H2,1-2H3. The molecule has 1 aliphatic rings. The first-order valence-electron chi connectivity index (χ1n) is 10.1. The fraction of sp³-hybridized carbons (Fsp3) is 0.304. The van der Waals surface area contributed by atoms with Crippen LogP contribution in [-0.2, 0) is 6.54 Å². The molecular weight excluding hydrogens is 378 g/mol. The Kier molecular flexibility index (Phi) is 4.57. The average molecular weight is 401 g/mol. The number of fused-ring (bicyclic) bond motifs is 2. The first-order valence-corrected chi connectivity index (χ1v) is 10.1. The fourth-order valence-electron chi connectivity index (χ4n) is 4.24. The van der Waals surface area contributed by atoms with Crippen LogP contribution in [0.3, 0.4) is 0 Å². The predicted molar refractivity (Wildman–Crippen MR) is 115 cm³/mol. The highest BCUT2D eigenvalue weighted by Crippen LogP contribution is 2.33. The van der Waals surface area contributed by atoms with E-state index in [0.717, 1.165) is 58.2 Å². The second kappa shape index (κ2) is 7.39. The SMILES string of the molecule is COc1cc(C)c2[nH]ccc2c1Cn1cc2ccc(C#N)c(OC3CCNC3)c2n1. The van der Waals surface area contributed by atoms with Crippen molar-refractivity contribution in [1.29, 1.82) is 5.26 Å². The molecule has 1 saturated heterocycles. The van der Waals surface area contributed by atoms with E-state index in [1.165, 1.54) is 0 Å². The first kappa shape index (κ1) is 18.5. The summed E-state index contributed by atoms with van der Waals surface area (Å²) in [6.07, 6.45) is 4.92. The van der Waals surface area contributed by atoms with Crippen LogP contribution >= 0.6 is 0 Å². The number of ether oxygens (including phenoxy) is 2. The minimum absolute atomic E-state index is 0.0597. The van der Waals surface area contributed by atoms with E-state index in [1.54, 1.807) is 7.11 Å². The van der Waals surface area contributed by atoms with Gasteiger partial charge in [-0.1, -0.05) is 0 Å². The summed E-state index contributed by atoms with van der Waals surface area (Å²) < 4.78 is 13.8. The Morgan fingerprint density at radius 3 is 3.00 bits per heavy atom. The van der Waals surface area contributed by atoms with Gasteiger partial charge >= 0.3 is 0 Å². The van der Waals surface area contributed by atoms with E-state index in [9.17, 15) is 5.26 Å². The molecule has 1 unspecified atom stereocenters. The molecule has 4 aromatic rings. The summed E-state index contributed by atoms with van der Waals surface area (Å²) in [6, 6.07) is 10.1. The molecule has 1 atom stereocenters. The van der Waals surface area contributed by atoms with Crippen molar-refractivity contribution in [3.8, 4) is 17.6 Å². The minimum atomic E-state index is 0.0597. The van der Waals surface area contributed by atoms with Crippen molar-refractivity contribution in [3.63, 3.8) is 0 Å². The van der Waals surface area contributed by atoms with Crippen LogP contribution in [0.5, 0.6) is 11.5 Å². The molecule has 30 heavy (non-hydrogen) atoms. The molecule has 2 aromatic heterocycles. The number of H-pyrrole nitrogens is 1. The Hall–Kier alpha value is -3.50. The summed E-state index contributed by atoms with van der Waals surface area (Å²) in [7, 11) is 1.69. The van der Waals surface area contributed by atoms with Gasteiger partial charge in [0, 0.05) is 40.8 Å². The molecule has 7 nitrogen and oxygen atoms in total. The van der Waals surface area contributed by atoms with Crippen LogP contribution in [0.25, 0.3) is 21.8 Å². The molecule has 2 N–H and O–H groups in total. The second-order valence-corrected chi connectivity index (χ2v) is 7.69. The van der Waals surface area contributed by atoms with Crippen LogP contribution in [0.4, 0.5) is 0 Å². The van der Waals surface area contributed by atoms with Gasteiger partial charge in [0.05, 0.1) is 19.2 Å². The zero-order valence-electron chi connectivity index (χ0n) is 17.0. The highest BCUT2D eigenvalue weighted by atomic mass is 16.5. The number of aryl methyl sites for hydroxylation is 1. The molecule has 2 aromatic carbocycles. The van der Waals surface area contributed by atoms with Gasteiger partial charge in [0.25, 0.3) is 0 Å². The third-order valence-electron chi connectivity index (χ3n) is 5.75. The van der Waals surface area contributed by atoms with Gasteiger partial charge in [-0.25, -0.2) is 0 Å². The second-order valence-electron chi connectivity index (χ2n) is 7.69. The van der Waals surface area contributed by atoms with Gasteiger partial charge in [-0.15, -0.1) is 0 Å². The zero-order chi connectivity index (χ0) is 20.7. The van der Waals surface area contributed by atoms with Crippen molar-refractivity contribution in [2.45, 2.75) is 26.0 Å². The van der Waals surface area contributed by atoms with Crippen molar-refractivity contribution in [2.24, 2.45) is 0 Å². The lowest BCUT2D eigenvalue weighted by atomic mass is 10.0. The molecule has 0 amide bonds. The molecular formula is C23H23N5O2. The Balaban J connectivity index is 1.58. The highest BCUT2D eigenvalue weighted by Gasteiger charge is 2.21. The molecule has 1 fully saturated rings. The topological polar surface area (TPSA) is 87.9 Å². The molecule has 7 heteroatoms. The van der Waals surface area contributed by atoms with Crippen LogP contribution in [0.1, 0.15) is 23.1 Å². The zero-order valence-corrected chi connectivity index (χ0v) is 17.0. The summed E-state index contributed by atoms with van der Waals surface area (Å²) in [6.45, 7) is 4.34. The molecule has 152 valence electrons. The Labute approximate surface area is 174 Å². The fourth-order valence-corrected chi connectivity index (χ4v) is 4.24. The van der Waals surface area contributed by atoms with E-state index in [2.05, 4.69) is 29.4 Å². The molecule has 1 aliphatic heterocycles. The van der Waals surface area contributed by atoms with Crippen LogP contribution in [0.2, 0.25) is 0 Å². The summed E-state index contributed by atoms with van der Waals surface area (Å²) in [5.41, 5.74) is 4.54. The maximum atomic E-state index is 9.58. The smallest absolute Gasteiger partial charge is 0.165 e. The van der Waals surface area contributed by atoms with Crippen LogP contribution in [0.15, 0.2) is 36.7 Å². The molecule has 0 radical (unpaired) electrons. The van der Waals surface area contributed by atoms with E-state index < -0.39 is 0 Å². The maximum absolute atomic E-state index is 9.58. The van der Waals surface area contributed by atoms with Crippen LogP contribution in [0, 0.1) is 18.3 Å². The van der Waals surface area contributed by atoms with E-state index in [-0.39, 0.29) is 6.10 Å². The van der Waals surface area contributed by atoms with Crippen molar-refractivity contribution < 1.29 is 9.47 Å². The minimum Gasteiger partial charge on any atom is -0.496 e. The van der Waals surface area contributed by atoms with Gasteiger partial charge < -0.3 is 19.8 Å². The first-order chi connectivity index (χ1) is 14.7. The predicted octanol–water partition coefficient (Wildman–Crippen LogP) is 3.50. The number of aromatic amines is 1. The van der Waals surface area contributed by atoms with E-state index in [0.29, 0.717) is 17.9 Å². The number of nitriles is 1. The summed E-state index contributed by atoms with van der Waals surface area (Å²) >= 11 is 0. The number of hydrogen-bond donors (Lipinski definition) is 2. The molecule has 0 aliphatic carbocycles. The number of aromatic nitrogens is 3. The number of rotatable bonds is 5. The van der Waals surface area contributed by atoms with Gasteiger partial charge in [-0.2, -0.15) is 10.4 Å². The van der Waals surface area contributed by atoms with Crippen LogP contribution in [-0.4, -0.2) is 41.1 Å².